The zero-order chi connectivity index (χ0) is 19.6. The molecule has 0 N–H and O–H groups in total. The third kappa shape index (κ3) is 4.15. The van der Waals surface area contributed by atoms with Crippen LogP contribution in [0, 0.1) is 0 Å². The van der Waals surface area contributed by atoms with Gasteiger partial charge in [-0.1, -0.05) is 18.2 Å². The monoisotopic (exact) mass is 373 g/mol. The molecule has 0 spiro atoms. The van der Waals surface area contributed by atoms with Crippen LogP contribution in [0.3, 0.4) is 0 Å². The van der Waals surface area contributed by atoms with Crippen molar-refractivity contribution in [2.75, 3.05) is 20.2 Å². The standard InChI is InChI=1S/C21H21F2NO3/c1-14(25)18-13-17(7-8-19(18)27-2)15-3-5-16(6-4-15)20(26)24-11-9-21(22,23)10-12-24/h3-8,13H,9-12H2,1-2H3. The molecule has 27 heavy (non-hydrogen) atoms. The minimum atomic E-state index is -2.68. The number of carbonyl (C=O) groups excluding carboxylic acids is 2. The van der Waals surface area contributed by atoms with Crippen LogP contribution in [0.5, 0.6) is 5.75 Å². The summed E-state index contributed by atoms with van der Waals surface area (Å²) in [7, 11) is 1.51. The minimum absolute atomic E-state index is 0.0635. The number of benzene rings is 2. The average molecular weight is 373 g/mol. The second kappa shape index (κ2) is 7.47. The number of piperidine rings is 1. The second-order valence-corrected chi connectivity index (χ2v) is 6.70. The van der Waals surface area contributed by atoms with Crippen LogP contribution in [0.4, 0.5) is 8.78 Å². The summed E-state index contributed by atoms with van der Waals surface area (Å²) in [4.78, 5) is 25.8. The number of ketones is 1. The Kier molecular flexibility index (Phi) is 5.26. The van der Waals surface area contributed by atoms with Crippen LogP contribution in [0.2, 0.25) is 0 Å². The Balaban J connectivity index is 1.79. The lowest BCUT2D eigenvalue weighted by molar-refractivity contribution is -0.0494. The molecule has 3 rings (SSSR count). The molecule has 0 aliphatic carbocycles. The first-order valence-electron chi connectivity index (χ1n) is 8.77. The van der Waals surface area contributed by atoms with Gasteiger partial charge in [0.25, 0.3) is 11.8 Å². The fourth-order valence-corrected chi connectivity index (χ4v) is 3.19. The molecule has 6 heteroatoms. The van der Waals surface area contributed by atoms with Crippen molar-refractivity contribution in [3.05, 3.63) is 53.6 Å². The van der Waals surface area contributed by atoms with Gasteiger partial charge >= 0.3 is 0 Å². The maximum atomic E-state index is 13.3. The molecular formula is C21H21F2NO3. The molecule has 1 heterocycles. The van der Waals surface area contributed by atoms with E-state index in [0.29, 0.717) is 16.9 Å². The fraction of sp³-hybridized carbons (Fsp3) is 0.333. The molecule has 0 saturated carbocycles. The van der Waals surface area contributed by atoms with Crippen molar-refractivity contribution in [3.8, 4) is 16.9 Å². The van der Waals surface area contributed by atoms with Crippen LogP contribution in [-0.2, 0) is 0 Å². The third-order valence-electron chi connectivity index (χ3n) is 4.83. The summed E-state index contributed by atoms with van der Waals surface area (Å²) in [6.07, 6.45) is -0.590. The van der Waals surface area contributed by atoms with Crippen LogP contribution < -0.4 is 4.74 Å². The van der Waals surface area contributed by atoms with E-state index in [-0.39, 0.29) is 37.6 Å². The Hall–Kier alpha value is -2.76. The topological polar surface area (TPSA) is 46.6 Å². The Morgan fingerprint density at radius 2 is 1.59 bits per heavy atom. The van der Waals surface area contributed by atoms with Gasteiger partial charge in [0, 0.05) is 31.5 Å². The number of carbonyl (C=O) groups is 2. The summed E-state index contributed by atoms with van der Waals surface area (Å²) >= 11 is 0. The van der Waals surface area contributed by atoms with E-state index in [4.69, 9.17) is 4.74 Å². The summed E-state index contributed by atoms with van der Waals surface area (Å²) in [6, 6.07) is 12.3. The number of nitrogens with zero attached hydrogens (tertiary/aromatic N) is 1. The van der Waals surface area contributed by atoms with E-state index in [2.05, 4.69) is 0 Å². The van der Waals surface area contributed by atoms with Crippen molar-refractivity contribution in [1.82, 2.24) is 4.90 Å². The summed E-state index contributed by atoms with van der Waals surface area (Å²) in [5.74, 6) is -2.50. The number of alkyl halides is 2. The summed E-state index contributed by atoms with van der Waals surface area (Å²) in [5, 5.41) is 0. The Labute approximate surface area is 156 Å². The Morgan fingerprint density at radius 1 is 1.00 bits per heavy atom. The lowest BCUT2D eigenvalue weighted by atomic mass is 9.99. The van der Waals surface area contributed by atoms with Crippen molar-refractivity contribution in [2.45, 2.75) is 25.7 Å². The van der Waals surface area contributed by atoms with Gasteiger partial charge in [0.15, 0.2) is 5.78 Å². The van der Waals surface area contributed by atoms with Gasteiger partial charge in [0.2, 0.25) is 0 Å². The van der Waals surface area contributed by atoms with Crippen LogP contribution in [0.15, 0.2) is 42.5 Å². The second-order valence-electron chi connectivity index (χ2n) is 6.70. The highest BCUT2D eigenvalue weighted by molar-refractivity contribution is 5.98. The van der Waals surface area contributed by atoms with E-state index < -0.39 is 5.92 Å². The molecule has 1 aliphatic rings. The predicted molar refractivity (Wildman–Crippen MR) is 98.5 cm³/mol. The molecule has 0 aromatic heterocycles. The highest BCUT2D eigenvalue weighted by Crippen LogP contribution is 2.30. The van der Waals surface area contributed by atoms with E-state index in [9.17, 15) is 18.4 Å². The zero-order valence-corrected chi connectivity index (χ0v) is 15.3. The molecular weight excluding hydrogens is 352 g/mol. The number of halogens is 2. The van der Waals surface area contributed by atoms with E-state index in [0.717, 1.165) is 11.1 Å². The van der Waals surface area contributed by atoms with Gasteiger partial charge < -0.3 is 9.64 Å². The molecule has 0 bridgehead atoms. The van der Waals surface area contributed by atoms with Gasteiger partial charge in [-0.2, -0.15) is 0 Å². The van der Waals surface area contributed by atoms with Gasteiger partial charge in [-0.25, -0.2) is 8.78 Å². The first-order chi connectivity index (χ1) is 12.8. The maximum Gasteiger partial charge on any atom is 0.253 e. The van der Waals surface area contributed by atoms with Gasteiger partial charge in [0.1, 0.15) is 5.75 Å². The molecule has 142 valence electrons. The number of likely N-dealkylation sites (tertiary alicyclic amines) is 1. The highest BCUT2D eigenvalue weighted by Gasteiger charge is 2.35. The zero-order valence-electron chi connectivity index (χ0n) is 15.3. The van der Waals surface area contributed by atoms with E-state index in [1.54, 1.807) is 36.4 Å². The van der Waals surface area contributed by atoms with Crippen LogP contribution in [0.1, 0.15) is 40.5 Å². The maximum absolute atomic E-state index is 13.3. The summed E-state index contributed by atoms with van der Waals surface area (Å²) in [5.41, 5.74) is 2.63. The average Bonchev–Trinajstić information content (AvgIpc) is 2.67. The van der Waals surface area contributed by atoms with Gasteiger partial charge in [-0.15, -0.1) is 0 Å². The SMILES string of the molecule is COc1ccc(-c2ccc(C(=O)N3CCC(F)(F)CC3)cc2)cc1C(C)=O. The molecule has 4 nitrogen and oxygen atoms in total. The lowest BCUT2D eigenvalue weighted by Crippen LogP contribution is -2.42. The largest absolute Gasteiger partial charge is 0.496 e. The molecule has 1 aliphatic heterocycles. The highest BCUT2D eigenvalue weighted by atomic mass is 19.3. The molecule has 0 radical (unpaired) electrons. The minimum Gasteiger partial charge on any atom is -0.496 e. The molecule has 1 fully saturated rings. The van der Waals surface area contributed by atoms with Crippen molar-refractivity contribution < 1.29 is 23.1 Å². The first-order valence-corrected chi connectivity index (χ1v) is 8.77. The number of amides is 1. The fourth-order valence-electron chi connectivity index (χ4n) is 3.19. The molecule has 1 amide bonds. The molecule has 0 atom stereocenters. The van der Waals surface area contributed by atoms with Crippen LogP contribution >= 0.6 is 0 Å². The Bertz CT molecular complexity index is 852. The summed E-state index contributed by atoms with van der Waals surface area (Å²) < 4.78 is 31.7. The van der Waals surface area contributed by atoms with Gasteiger partial charge in [-0.3, -0.25) is 9.59 Å². The lowest BCUT2D eigenvalue weighted by Gasteiger charge is -2.31. The number of methoxy groups -OCH3 is 1. The number of Topliss-reactive ketones (excluding diaryl/α,β-unsaturated/α-hetero) is 1. The number of hydrogen-bond donors (Lipinski definition) is 0. The van der Waals surface area contributed by atoms with Crippen molar-refractivity contribution in [2.24, 2.45) is 0 Å². The first kappa shape index (κ1) is 19.0. The third-order valence-corrected chi connectivity index (χ3v) is 4.83. The normalized spacial score (nSPS) is 16.1. The smallest absolute Gasteiger partial charge is 0.253 e. The number of ether oxygens (including phenoxy) is 1. The predicted octanol–water partition coefficient (Wildman–Crippen LogP) is 4.44. The number of rotatable bonds is 4. The van der Waals surface area contributed by atoms with E-state index in [1.165, 1.54) is 18.9 Å². The molecule has 1 saturated heterocycles. The molecule has 2 aromatic rings. The Morgan fingerprint density at radius 3 is 2.15 bits per heavy atom. The molecule has 2 aromatic carbocycles. The van der Waals surface area contributed by atoms with Gasteiger partial charge in [-0.05, 0) is 42.3 Å². The number of hydrogen-bond acceptors (Lipinski definition) is 3. The molecule has 0 unspecified atom stereocenters. The van der Waals surface area contributed by atoms with Crippen molar-refractivity contribution >= 4 is 11.7 Å². The summed E-state index contributed by atoms with van der Waals surface area (Å²) in [6.45, 7) is 1.60. The van der Waals surface area contributed by atoms with Crippen molar-refractivity contribution in [1.29, 1.82) is 0 Å². The van der Waals surface area contributed by atoms with Crippen LogP contribution in [-0.4, -0.2) is 42.7 Å². The van der Waals surface area contributed by atoms with Gasteiger partial charge in [0.05, 0.1) is 12.7 Å². The van der Waals surface area contributed by atoms with Crippen LogP contribution in [0.25, 0.3) is 11.1 Å². The van der Waals surface area contributed by atoms with E-state index >= 15 is 0 Å². The quantitative estimate of drug-likeness (QED) is 0.745. The van der Waals surface area contributed by atoms with Crippen molar-refractivity contribution in [3.63, 3.8) is 0 Å². The van der Waals surface area contributed by atoms with E-state index in [1.807, 2.05) is 6.07 Å².